The standard InChI is InChI=1S/C21H15F3N2O3/c22-21(23,24)14-5-4-6-16(13-14)26-20(28)19(27)25-15-9-11-18(12-10-15)29-17-7-2-1-3-8-17/h1-13H,(H,25,27)(H,26,28). The summed E-state index contributed by atoms with van der Waals surface area (Å²) in [7, 11) is 0. The molecule has 0 saturated heterocycles. The molecule has 0 aromatic heterocycles. The fourth-order valence-corrected chi connectivity index (χ4v) is 2.38. The molecule has 0 saturated carbocycles. The van der Waals surface area contributed by atoms with E-state index in [0.717, 1.165) is 18.2 Å². The zero-order chi connectivity index (χ0) is 20.9. The molecule has 0 aliphatic rings. The second-order valence-corrected chi connectivity index (χ2v) is 5.93. The first kappa shape index (κ1) is 19.9. The maximum Gasteiger partial charge on any atom is 0.416 e. The van der Waals surface area contributed by atoms with Gasteiger partial charge in [-0.25, -0.2) is 0 Å². The van der Waals surface area contributed by atoms with Crippen LogP contribution < -0.4 is 15.4 Å². The van der Waals surface area contributed by atoms with Gasteiger partial charge in [0, 0.05) is 11.4 Å². The van der Waals surface area contributed by atoms with E-state index in [9.17, 15) is 22.8 Å². The summed E-state index contributed by atoms with van der Waals surface area (Å²) in [6, 6.07) is 19.4. The minimum Gasteiger partial charge on any atom is -0.457 e. The minimum atomic E-state index is -4.55. The van der Waals surface area contributed by atoms with Crippen LogP contribution in [0.5, 0.6) is 11.5 Å². The van der Waals surface area contributed by atoms with Crippen LogP contribution in [0.4, 0.5) is 24.5 Å². The van der Waals surface area contributed by atoms with E-state index in [2.05, 4.69) is 10.6 Å². The van der Waals surface area contributed by atoms with Crippen LogP contribution in [0.3, 0.4) is 0 Å². The second-order valence-electron chi connectivity index (χ2n) is 5.93. The molecule has 3 aromatic rings. The monoisotopic (exact) mass is 400 g/mol. The molecule has 0 radical (unpaired) electrons. The number of ether oxygens (including phenoxy) is 1. The topological polar surface area (TPSA) is 67.4 Å². The molecule has 0 atom stereocenters. The van der Waals surface area contributed by atoms with Crippen molar-refractivity contribution in [2.24, 2.45) is 0 Å². The molecule has 0 fully saturated rings. The van der Waals surface area contributed by atoms with Crippen LogP contribution in [0.2, 0.25) is 0 Å². The lowest BCUT2D eigenvalue weighted by molar-refractivity contribution is -0.137. The number of carbonyl (C=O) groups excluding carboxylic acids is 2. The predicted octanol–water partition coefficient (Wildman–Crippen LogP) is 5.07. The third kappa shape index (κ3) is 5.58. The number of rotatable bonds is 4. The number of para-hydroxylation sites is 1. The summed E-state index contributed by atoms with van der Waals surface area (Å²) in [6.07, 6.45) is -4.55. The van der Waals surface area contributed by atoms with Crippen LogP contribution in [0, 0.1) is 0 Å². The highest BCUT2D eigenvalue weighted by molar-refractivity contribution is 6.43. The van der Waals surface area contributed by atoms with Gasteiger partial charge < -0.3 is 15.4 Å². The number of nitrogens with one attached hydrogen (secondary N) is 2. The molecular weight excluding hydrogens is 385 g/mol. The van der Waals surface area contributed by atoms with Crippen molar-refractivity contribution in [2.75, 3.05) is 10.6 Å². The third-order valence-electron chi connectivity index (χ3n) is 3.75. The Balaban J connectivity index is 1.59. The van der Waals surface area contributed by atoms with Crippen LogP contribution in [-0.4, -0.2) is 11.8 Å². The van der Waals surface area contributed by atoms with Gasteiger partial charge in [-0.1, -0.05) is 24.3 Å². The van der Waals surface area contributed by atoms with Crippen molar-refractivity contribution in [3.63, 3.8) is 0 Å². The van der Waals surface area contributed by atoms with Crippen molar-refractivity contribution < 1.29 is 27.5 Å². The summed E-state index contributed by atoms with van der Waals surface area (Å²) in [6.45, 7) is 0. The van der Waals surface area contributed by atoms with Crippen molar-refractivity contribution in [3.8, 4) is 11.5 Å². The Hall–Kier alpha value is -3.81. The van der Waals surface area contributed by atoms with E-state index < -0.39 is 23.6 Å². The Bertz CT molecular complexity index is 1000. The summed E-state index contributed by atoms with van der Waals surface area (Å²) in [5.74, 6) is -0.930. The van der Waals surface area contributed by atoms with E-state index >= 15 is 0 Å². The fourth-order valence-electron chi connectivity index (χ4n) is 2.38. The van der Waals surface area contributed by atoms with Gasteiger partial charge in [0.05, 0.1) is 5.56 Å². The molecular formula is C21H15F3N2O3. The number of alkyl halides is 3. The van der Waals surface area contributed by atoms with Crippen molar-refractivity contribution in [2.45, 2.75) is 6.18 Å². The Morgan fingerprint density at radius 3 is 1.90 bits per heavy atom. The van der Waals surface area contributed by atoms with Gasteiger partial charge in [-0.15, -0.1) is 0 Å². The first-order valence-corrected chi connectivity index (χ1v) is 8.44. The Labute approximate surface area is 164 Å². The molecule has 0 aliphatic heterocycles. The van der Waals surface area contributed by atoms with Crippen LogP contribution in [-0.2, 0) is 15.8 Å². The van der Waals surface area contributed by atoms with Crippen LogP contribution in [0.1, 0.15) is 5.56 Å². The van der Waals surface area contributed by atoms with Gasteiger partial charge in [-0.3, -0.25) is 9.59 Å². The minimum absolute atomic E-state index is 0.133. The number of halogens is 3. The van der Waals surface area contributed by atoms with Gasteiger partial charge in [0.2, 0.25) is 0 Å². The van der Waals surface area contributed by atoms with Gasteiger partial charge in [0.1, 0.15) is 11.5 Å². The number of hydrogen-bond acceptors (Lipinski definition) is 3. The first-order chi connectivity index (χ1) is 13.8. The van der Waals surface area contributed by atoms with Crippen molar-refractivity contribution in [3.05, 3.63) is 84.4 Å². The smallest absolute Gasteiger partial charge is 0.416 e. The van der Waals surface area contributed by atoms with Crippen LogP contribution in [0.15, 0.2) is 78.9 Å². The molecule has 0 aliphatic carbocycles. The second kappa shape index (κ2) is 8.47. The number of benzene rings is 3. The third-order valence-corrected chi connectivity index (χ3v) is 3.75. The highest BCUT2D eigenvalue weighted by Gasteiger charge is 2.30. The quantitative estimate of drug-likeness (QED) is 0.601. The van der Waals surface area contributed by atoms with Gasteiger partial charge >= 0.3 is 18.0 Å². The van der Waals surface area contributed by atoms with Crippen molar-refractivity contribution in [1.82, 2.24) is 0 Å². The highest BCUT2D eigenvalue weighted by atomic mass is 19.4. The Morgan fingerprint density at radius 2 is 1.28 bits per heavy atom. The van der Waals surface area contributed by atoms with Gasteiger partial charge in [0.25, 0.3) is 0 Å². The molecule has 5 nitrogen and oxygen atoms in total. The van der Waals surface area contributed by atoms with Gasteiger partial charge in [0.15, 0.2) is 0 Å². The van der Waals surface area contributed by atoms with Crippen molar-refractivity contribution in [1.29, 1.82) is 0 Å². The van der Waals surface area contributed by atoms with Crippen LogP contribution >= 0.6 is 0 Å². The summed E-state index contributed by atoms with van der Waals surface area (Å²) in [4.78, 5) is 24.0. The molecule has 3 aromatic carbocycles. The molecule has 8 heteroatoms. The number of hydrogen-bond donors (Lipinski definition) is 2. The summed E-state index contributed by atoms with van der Waals surface area (Å²) in [5, 5.41) is 4.51. The molecule has 0 unspecified atom stereocenters. The van der Waals surface area contributed by atoms with Crippen LogP contribution in [0.25, 0.3) is 0 Å². The molecule has 148 valence electrons. The van der Waals surface area contributed by atoms with E-state index in [1.54, 1.807) is 24.3 Å². The lowest BCUT2D eigenvalue weighted by Gasteiger charge is -2.10. The number of anilines is 2. The zero-order valence-corrected chi connectivity index (χ0v) is 14.9. The molecule has 29 heavy (non-hydrogen) atoms. The fraction of sp³-hybridized carbons (Fsp3) is 0.0476. The Morgan fingerprint density at radius 1 is 0.690 bits per heavy atom. The van der Waals surface area contributed by atoms with E-state index in [1.807, 2.05) is 18.2 Å². The molecule has 2 amide bonds. The SMILES string of the molecule is O=C(Nc1ccc(Oc2ccccc2)cc1)C(=O)Nc1cccc(C(F)(F)F)c1. The van der Waals surface area contributed by atoms with Crippen molar-refractivity contribution >= 4 is 23.2 Å². The van der Waals surface area contributed by atoms with Gasteiger partial charge in [-0.2, -0.15) is 13.2 Å². The lowest BCUT2D eigenvalue weighted by Crippen LogP contribution is -2.29. The number of amides is 2. The van der Waals surface area contributed by atoms with E-state index in [4.69, 9.17) is 4.74 Å². The average molecular weight is 400 g/mol. The predicted molar refractivity (Wildman–Crippen MR) is 102 cm³/mol. The summed E-state index contributed by atoms with van der Waals surface area (Å²) >= 11 is 0. The summed E-state index contributed by atoms with van der Waals surface area (Å²) < 4.78 is 43.8. The van der Waals surface area contributed by atoms with E-state index in [0.29, 0.717) is 17.2 Å². The zero-order valence-electron chi connectivity index (χ0n) is 14.9. The first-order valence-electron chi connectivity index (χ1n) is 8.44. The Kier molecular flexibility index (Phi) is 5.82. The summed E-state index contributed by atoms with van der Waals surface area (Å²) in [5.41, 5.74) is -0.731. The maximum atomic E-state index is 12.7. The molecule has 0 heterocycles. The maximum absolute atomic E-state index is 12.7. The molecule has 2 N–H and O–H groups in total. The van der Waals surface area contributed by atoms with E-state index in [1.165, 1.54) is 18.2 Å². The largest absolute Gasteiger partial charge is 0.457 e. The molecule has 0 bridgehead atoms. The van der Waals surface area contributed by atoms with Gasteiger partial charge in [-0.05, 0) is 54.6 Å². The molecule has 0 spiro atoms. The normalized spacial score (nSPS) is 10.9. The lowest BCUT2D eigenvalue weighted by atomic mass is 10.2. The average Bonchev–Trinajstić information content (AvgIpc) is 2.70. The number of carbonyl (C=O) groups is 2. The highest BCUT2D eigenvalue weighted by Crippen LogP contribution is 2.30. The molecule has 3 rings (SSSR count). The van der Waals surface area contributed by atoms with E-state index in [-0.39, 0.29) is 5.69 Å².